The summed E-state index contributed by atoms with van der Waals surface area (Å²) in [6, 6.07) is 5.94. The van der Waals surface area contributed by atoms with Crippen molar-refractivity contribution >= 4 is 17.0 Å². The zero-order valence-corrected chi connectivity index (χ0v) is 11.7. The first-order valence-electron chi connectivity index (χ1n) is 7.25. The third-order valence-corrected chi connectivity index (χ3v) is 4.40. The van der Waals surface area contributed by atoms with Crippen LogP contribution in [0.3, 0.4) is 0 Å². The Morgan fingerprint density at radius 3 is 2.86 bits per heavy atom. The van der Waals surface area contributed by atoms with Gasteiger partial charge in [-0.1, -0.05) is 0 Å². The monoisotopic (exact) mass is 283 g/mol. The minimum Gasteiger partial charge on any atom is -0.481 e. The third kappa shape index (κ3) is 2.75. The summed E-state index contributed by atoms with van der Waals surface area (Å²) in [4.78, 5) is 15.3. The summed E-state index contributed by atoms with van der Waals surface area (Å²) < 4.78 is 2.13. The summed E-state index contributed by atoms with van der Waals surface area (Å²) in [5.41, 5.74) is 2.44. The molecule has 2 aromatic heterocycles. The van der Waals surface area contributed by atoms with Crippen molar-refractivity contribution in [1.29, 1.82) is 5.26 Å². The fraction of sp³-hybridized carbons (Fsp3) is 0.438. The summed E-state index contributed by atoms with van der Waals surface area (Å²) in [6.07, 6.45) is 7.01. The molecule has 1 fully saturated rings. The van der Waals surface area contributed by atoms with Crippen molar-refractivity contribution in [1.82, 2.24) is 9.55 Å². The van der Waals surface area contributed by atoms with Gasteiger partial charge in [0.25, 0.3) is 0 Å². The molecule has 0 aromatic carbocycles. The van der Waals surface area contributed by atoms with Gasteiger partial charge in [0.05, 0.1) is 22.5 Å². The standard InChI is InChI=1S/C16H17N3O2/c17-8-12-7-15-14(18-9-12)5-6-19(15)10-11-1-3-13(4-2-11)16(20)21/h5-7,9,11,13H,1-4,10H2,(H,20,21)/t11-,13-. The fourth-order valence-corrected chi connectivity index (χ4v) is 3.15. The maximum atomic E-state index is 11.0. The zero-order chi connectivity index (χ0) is 14.8. The van der Waals surface area contributed by atoms with Crippen molar-refractivity contribution in [3.63, 3.8) is 0 Å². The lowest BCUT2D eigenvalue weighted by Gasteiger charge is -2.26. The fourth-order valence-electron chi connectivity index (χ4n) is 3.15. The van der Waals surface area contributed by atoms with E-state index < -0.39 is 5.97 Å². The van der Waals surface area contributed by atoms with E-state index in [1.165, 1.54) is 0 Å². The first-order valence-corrected chi connectivity index (χ1v) is 7.25. The molecule has 0 saturated heterocycles. The molecular formula is C16H17N3O2. The van der Waals surface area contributed by atoms with Crippen molar-refractivity contribution < 1.29 is 9.90 Å². The van der Waals surface area contributed by atoms with Crippen molar-refractivity contribution in [3.05, 3.63) is 30.1 Å². The molecule has 0 atom stereocenters. The minimum absolute atomic E-state index is 0.172. The van der Waals surface area contributed by atoms with Gasteiger partial charge in [-0.3, -0.25) is 9.78 Å². The highest BCUT2D eigenvalue weighted by Crippen LogP contribution is 2.30. The average molecular weight is 283 g/mol. The van der Waals surface area contributed by atoms with Gasteiger partial charge in [-0.2, -0.15) is 5.26 Å². The highest BCUT2D eigenvalue weighted by atomic mass is 16.4. The minimum atomic E-state index is -0.664. The van der Waals surface area contributed by atoms with Crippen LogP contribution in [-0.2, 0) is 11.3 Å². The summed E-state index contributed by atoms with van der Waals surface area (Å²) in [7, 11) is 0. The Kier molecular flexibility index (Phi) is 3.61. The van der Waals surface area contributed by atoms with E-state index in [2.05, 4.69) is 15.6 Å². The van der Waals surface area contributed by atoms with Crippen molar-refractivity contribution in [3.8, 4) is 6.07 Å². The smallest absolute Gasteiger partial charge is 0.306 e. The van der Waals surface area contributed by atoms with E-state index in [1.54, 1.807) is 6.20 Å². The number of aromatic nitrogens is 2. The molecular weight excluding hydrogens is 266 g/mol. The summed E-state index contributed by atoms with van der Waals surface area (Å²) in [6.45, 7) is 0.867. The number of carbonyl (C=O) groups is 1. The van der Waals surface area contributed by atoms with E-state index in [0.29, 0.717) is 11.5 Å². The Labute approximate surface area is 122 Å². The van der Waals surface area contributed by atoms with Crippen LogP contribution in [0.4, 0.5) is 0 Å². The SMILES string of the molecule is N#Cc1cnc2ccn(C[C@H]3CC[C@H](C(=O)O)CC3)c2c1. The quantitative estimate of drug-likeness (QED) is 0.939. The van der Waals surface area contributed by atoms with Crippen LogP contribution in [0.25, 0.3) is 11.0 Å². The average Bonchev–Trinajstić information content (AvgIpc) is 2.90. The lowest BCUT2D eigenvalue weighted by Crippen LogP contribution is -2.23. The van der Waals surface area contributed by atoms with Gasteiger partial charge < -0.3 is 9.67 Å². The van der Waals surface area contributed by atoms with Gasteiger partial charge in [-0.05, 0) is 43.7 Å². The van der Waals surface area contributed by atoms with Crippen LogP contribution in [0.5, 0.6) is 0 Å². The number of pyridine rings is 1. The molecule has 0 unspecified atom stereocenters. The second-order valence-corrected chi connectivity index (χ2v) is 5.76. The highest BCUT2D eigenvalue weighted by molar-refractivity contribution is 5.76. The molecule has 2 heterocycles. The molecule has 1 N–H and O–H groups in total. The molecule has 5 heteroatoms. The molecule has 21 heavy (non-hydrogen) atoms. The molecule has 0 aliphatic heterocycles. The summed E-state index contributed by atoms with van der Waals surface area (Å²) >= 11 is 0. The van der Waals surface area contributed by atoms with E-state index in [0.717, 1.165) is 43.3 Å². The van der Waals surface area contributed by atoms with Gasteiger partial charge in [0.15, 0.2) is 0 Å². The Morgan fingerprint density at radius 2 is 2.19 bits per heavy atom. The van der Waals surface area contributed by atoms with Gasteiger partial charge in [-0.15, -0.1) is 0 Å². The number of nitriles is 1. The number of hydrogen-bond donors (Lipinski definition) is 1. The Balaban J connectivity index is 1.74. The molecule has 108 valence electrons. The molecule has 0 amide bonds. The highest BCUT2D eigenvalue weighted by Gasteiger charge is 2.26. The number of fused-ring (bicyclic) bond motifs is 1. The van der Waals surface area contributed by atoms with Crippen LogP contribution in [0.15, 0.2) is 24.5 Å². The molecule has 0 bridgehead atoms. The molecule has 1 saturated carbocycles. The van der Waals surface area contributed by atoms with Crippen LogP contribution in [0.2, 0.25) is 0 Å². The van der Waals surface area contributed by atoms with Gasteiger partial charge in [0.1, 0.15) is 6.07 Å². The predicted molar refractivity (Wildman–Crippen MR) is 77.5 cm³/mol. The van der Waals surface area contributed by atoms with Gasteiger partial charge in [0.2, 0.25) is 0 Å². The molecule has 1 aliphatic rings. The van der Waals surface area contributed by atoms with Gasteiger partial charge in [0, 0.05) is 18.9 Å². The number of aliphatic carboxylic acids is 1. The van der Waals surface area contributed by atoms with E-state index in [1.807, 2.05) is 18.3 Å². The largest absolute Gasteiger partial charge is 0.481 e. The zero-order valence-electron chi connectivity index (χ0n) is 11.7. The maximum absolute atomic E-state index is 11.0. The number of carboxylic acid groups (broad SMARTS) is 1. The predicted octanol–water partition coefficient (Wildman–Crippen LogP) is 2.80. The lowest BCUT2D eigenvalue weighted by molar-refractivity contribution is -0.143. The van der Waals surface area contributed by atoms with Gasteiger partial charge >= 0.3 is 5.97 Å². The van der Waals surface area contributed by atoms with Crippen molar-refractivity contribution in [2.24, 2.45) is 11.8 Å². The van der Waals surface area contributed by atoms with E-state index >= 15 is 0 Å². The molecule has 0 spiro atoms. The van der Waals surface area contributed by atoms with Crippen LogP contribution >= 0.6 is 0 Å². The number of rotatable bonds is 3. The Morgan fingerprint density at radius 1 is 1.43 bits per heavy atom. The molecule has 2 aromatic rings. The van der Waals surface area contributed by atoms with Crippen molar-refractivity contribution in [2.75, 3.05) is 0 Å². The van der Waals surface area contributed by atoms with E-state index in [-0.39, 0.29) is 5.92 Å². The number of hydrogen-bond acceptors (Lipinski definition) is 3. The van der Waals surface area contributed by atoms with E-state index in [9.17, 15) is 4.79 Å². The first-order chi connectivity index (χ1) is 10.2. The molecule has 3 rings (SSSR count). The van der Waals surface area contributed by atoms with Gasteiger partial charge in [-0.25, -0.2) is 0 Å². The number of nitrogens with zero attached hydrogens (tertiary/aromatic N) is 3. The molecule has 1 aliphatic carbocycles. The number of carboxylic acids is 1. The second kappa shape index (κ2) is 5.57. The van der Waals surface area contributed by atoms with Crippen LogP contribution in [0, 0.1) is 23.2 Å². The summed E-state index contributed by atoms with van der Waals surface area (Å²) in [5.74, 6) is -0.334. The van der Waals surface area contributed by atoms with Crippen LogP contribution in [-0.4, -0.2) is 20.6 Å². The normalized spacial score (nSPS) is 22.0. The van der Waals surface area contributed by atoms with Crippen LogP contribution < -0.4 is 0 Å². The summed E-state index contributed by atoms with van der Waals surface area (Å²) in [5, 5.41) is 18.0. The lowest BCUT2D eigenvalue weighted by atomic mass is 9.82. The molecule has 5 nitrogen and oxygen atoms in total. The first kappa shape index (κ1) is 13.6. The topological polar surface area (TPSA) is 78.9 Å². The third-order valence-electron chi connectivity index (χ3n) is 4.40. The van der Waals surface area contributed by atoms with Crippen LogP contribution in [0.1, 0.15) is 31.2 Å². The van der Waals surface area contributed by atoms with E-state index in [4.69, 9.17) is 10.4 Å². The Hall–Kier alpha value is -2.35. The second-order valence-electron chi connectivity index (χ2n) is 5.76. The Bertz CT molecular complexity index is 706. The molecule has 0 radical (unpaired) electrons. The maximum Gasteiger partial charge on any atom is 0.306 e. The van der Waals surface area contributed by atoms with Crippen molar-refractivity contribution in [2.45, 2.75) is 32.2 Å².